The first-order valence-electron chi connectivity index (χ1n) is 11.4. The van der Waals surface area contributed by atoms with Crippen LogP contribution in [0.1, 0.15) is 26.9 Å². The Kier molecular flexibility index (Phi) is 8.53. The van der Waals surface area contributed by atoms with Crippen molar-refractivity contribution in [3.05, 3.63) is 95.8 Å². The van der Waals surface area contributed by atoms with Gasteiger partial charge in [-0.1, -0.05) is 30.3 Å². The van der Waals surface area contributed by atoms with E-state index in [0.29, 0.717) is 17.0 Å². The van der Waals surface area contributed by atoms with Crippen molar-refractivity contribution in [2.24, 2.45) is 0 Å². The van der Waals surface area contributed by atoms with Gasteiger partial charge in [-0.15, -0.1) is 11.8 Å². The molecule has 1 fully saturated rings. The monoisotopic (exact) mass is 506 g/mol. The molecule has 0 radical (unpaired) electrons. The molecule has 2 unspecified atom stereocenters. The highest BCUT2D eigenvalue weighted by Crippen LogP contribution is 2.42. The molecule has 3 N–H and O–H groups in total. The van der Waals surface area contributed by atoms with Gasteiger partial charge >= 0.3 is 6.09 Å². The molecule has 1 aliphatic heterocycles. The minimum absolute atomic E-state index is 0.0953. The number of nitrogens with one attached hydrogen (secondary N) is 2. The average Bonchev–Trinajstić information content (AvgIpc) is 3.37. The van der Waals surface area contributed by atoms with Crippen molar-refractivity contribution in [2.45, 2.75) is 18.0 Å². The maximum absolute atomic E-state index is 13.2. The first-order chi connectivity index (χ1) is 17.6. The number of aromatic nitrogens is 1. The second kappa shape index (κ2) is 12.2. The molecule has 1 aliphatic rings. The molecule has 2 atom stereocenters. The largest absolute Gasteiger partial charge is 0.444 e. The molecule has 0 bridgehead atoms. The Morgan fingerprint density at radius 3 is 2.44 bits per heavy atom. The highest BCUT2D eigenvalue weighted by molar-refractivity contribution is 7.99. The lowest BCUT2D eigenvalue weighted by Crippen LogP contribution is -2.45. The summed E-state index contributed by atoms with van der Waals surface area (Å²) in [5, 5.41) is 13.9. The van der Waals surface area contributed by atoms with Crippen LogP contribution in [0.25, 0.3) is 0 Å². The second-order valence-electron chi connectivity index (χ2n) is 7.98. The summed E-state index contributed by atoms with van der Waals surface area (Å²) in [6, 6.07) is 18.6. The van der Waals surface area contributed by atoms with Gasteiger partial charge in [-0.25, -0.2) is 4.79 Å². The predicted octanol–water partition coefficient (Wildman–Crippen LogP) is 3.20. The van der Waals surface area contributed by atoms with Crippen LogP contribution in [0.3, 0.4) is 0 Å². The van der Waals surface area contributed by atoms with Gasteiger partial charge in [0, 0.05) is 35.9 Å². The number of carbonyl (C=O) groups is 3. The van der Waals surface area contributed by atoms with Crippen molar-refractivity contribution >= 4 is 35.4 Å². The summed E-state index contributed by atoms with van der Waals surface area (Å²) in [6.07, 6.45) is 2.71. The van der Waals surface area contributed by atoms with Crippen LogP contribution in [0, 0.1) is 0 Å². The van der Waals surface area contributed by atoms with Crippen molar-refractivity contribution in [1.29, 1.82) is 0 Å². The van der Waals surface area contributed by atoms with Crippen LogP contribution >= 0.6 is 11.8 Å². The lowest BCUT2D eigenvalue weighted by Gasteiger charge is -2.28. The molecule has 3 amide bonds. The van der Waals surface area contributed by atoms with Gasteiger partial charge in [-0.2, -0.15) is 0 Å². The fraction of sp³-hybridized carbons (Fsp3) is 0.231. The number of benzene rings is 2. The Bertz CT molecular complexity index is 1180. The van der Waals surface area contributed by atoms with Gasteiger partial charge in [0.1, 0.15) is 18.0 Å². The number of thioether (sulfide) groups is 1. The highest BCUT2D eigenvalue weighted by atomic mass is 32.2. The van der Waals surface area contributed by atoms with Gasteiger partial charge < -0.3 is 20.5 Å². The molecular weight excluding hydrogens is 480 g/mol. The Morgan fingerprint density at radius 1 is 1.03 bits per heavy atom. The first kappa shape index (κ1) is 25.2. The molecular formula is C26H26N4O5S. The topological polar surface area (TPSA) is 121 Å². The van der Waals surface area contributed by atoms with Crippen molar-refractivity contribution in [1.82, 2.24) is 15.2 Å². The summed E-state index contributed by atoms with van der Waals surface area (Å²) in [4.78, 5) is 44.0. The van der Waals surface area contributed by atoms with E-state index in [9.17, 15) is 14.4 Å². The summed E-state index contributed by atoms with van der Waals surface area (Å²) < 4.78 is 5.58. The summed E-state index contributed by atoms with van der Waals surface area (Å²) in [5.74, 6) is -0.282. The molecule has 3 aromatic rings. The Labute approximate surface area is 212 Å². The van der Waals surface area contributed by atoms with E-state index in [4.69, 9.17) is 9.84 Å². The van der Waals surface area contributed by atoms with Crippen LogP contribution in [-0.4, -0.2) is 57.8 Å². The van der Waals surface area contributed by atoms with E-state index < -0.39 is 17.5 Å². The summed E-state index contributed by atoms with van der Waals surface area (Å²) >= 11 is 1.48. The number of nitrogens with zero attached hydrogens (tertiary/aromatic N) is 2. The molecule has 186 valence electrons. The van der Waals surface area contributed by atoms with E-state index in [-0.39, 0.29) is 31.6 Å². The lowest BCUT2D eigenvalue weighted by atomic mass is 10.1. The van der Waals surface area contributed by atoms with Crippen LogP contribution in [-0.2, 0) is 16.1 Å². The second-order valence-corrected chi connectivity index (χ2v) is 9.09. The zero-order valence-corrected chi connectivity index (χ0v) is 20.2. The number of rotatable bonds is 8. The van der Waals surface area contributed by atoms with Crippen molar-refractivity contribution < 1.29 is 24.2 Å². The Balaban J connectivity index is 1.47. The summed E-state index contributed by atoms with van der Waals surface area (Å²) in [6.45, 7) is 0.105. The van der Waals surface area contributed by atoms with Gasteiger partial charge in [0.2, 0.25) is 5.91 Å². The maximum Gasteiger partial charge on any atom is 0.412 e. The van der Waals surface area contributed by atoms with Crippen molar-refractivity contribution in [3.8, 4) is 0 Å². The molecule has 0 spiro atoms. The molecule has 10 heteroatoms. The van der Waals surface area contributed by atoms with Crippen molar-refractivity contribution in [2.75, 3.05) is 24.2 Å². The number of aliphatic hydroxyl groups is 1. The van der Waals surface area contributed by atoms with E-state index in [1.165, 1.54) is 16.7 Å². The fourth-order valence-corrected chi connectivity index (χ4v) is 5.13. The van der Waals surface area contributed by atoms with E-state index in [1.54, 1.807) is 36.7 Å². The molecule has 4 rings (SSSR count). The zero-order valence-electron chi connectivity index (χ0n) is 19.4. The first-order valence-corrected chi connectivity index (χ1v) is 12.4. The lowest BCUT2D eigenvalue weighted by molar-refractivity contribution is -0.120. The van der Waals surface area contributed by atoms with Crippen LogP contribution in [0.2, 0.25) is 0 Å². The van der Waals surface area contributed by atoms with E-state index in [0.717, 1.165) is 11.1 Å². The number of aliphatic hydroxyl groups excluding tert-OH is 1. The molecule has 0 saturated carbocycles. The van der Waals surface area contributed by atoms with E-state index >= 15 is 0 Å². The Morgan fingerprint density at radius 2 is 1.75 bits per heavy atom. The molecule has 1 aromatic heterocycles. The maximum atomic E-state index is 13.2. The minimum Gasteiger partial charge on any atom is -0.444 e. The normalized spacial score (nSPS) is 16.9. The summed E-state index contributed by atoms with van der Waals surface area (Å²) in [7, 11) is 0. The number of anilines is 1. The molecule has 9 nitrogen and oxygen atoms in total. The van der Waals surface area contributed by atoms with Crippen LogP contribution in [0.15, 0.2) is 79.1 Å². The number of hydrogen-bond donors (Lipinski definition) is 3. The van der Waals surface area contributed by atoms with Gasteiger partial charge in [0.15, 0.2) is 0 Å². The standard InChI is InChI=1S/C26H26N4O5S/c31-15-14-28-23(32)19-6-8-21(9-7-19)29-24(33)22-17-36-25(20-10-12-27-13-11-20)30(22)26(34)35-16-18-4-2-1-3-5-18/h1-13,22,25,31H,14-17H2,(H,28,32)(H,29,33). The van der Waals surface area contributed by atoms with E-state index in [1.807, 2.05) is 42.5 Å². The predicted molar refractivity (Wildman–Crippen MR) is 136 cm³/mol. The summed E-state index contributed by atoms with van der Waals surface area (Å²) in [5.41, 5.74) is 2.60. The highest BCUT2D eigenvalue weighted by Gasteiger charge is 2.43. The average molecular weight is 507 g/mol. The molecule has 2 aromatic carbocycles. The van der Waals surface area contributed by atoms with Gasteiger partial charge in [-0.3, -0.25) is 19.5 Å². The quantitative estimate of drug-likeness (QED) is 0.429. The molecule has 0 aliphatic carbocycles. The third kappa shape index (κ3) is 6.21. The van der Waals surface area contributed by atoms with Crippen molar-refractivity contribution in [3.63, 3.8) is 0 Å². The SMILES string of the molecule is O=C(NCCO)c1ccc(NC(=O)C2CSC(c3ccncc3)N2C(=O)OCc2ccccc2)cc1. The number of ether oxygens (including phenoxy) is 1. The minimum atomic E-state index is -0.760. The number of pyridine rings is 1. The fourth-order valence-electron chi connectivity index (χ4n) is 3.71. The van der Waals surface area contributed by atoms with Gasteiger partial charge in [-0.05, 0) is 47.5 Å². The van der Waals surface area contributed by atoms with Gasteiger partial charge in [0.25, 0.3) is 5.91 Å². The number of hydrogen-bond acceptors (Lipinski definition) is 7. The number of carbonyl (C=O) groups excluding carboxylic acids is 3. The molecule has 36 heavy (non-hydrogen) atoms. The van der Waals surface area contributed by atoms with Crippen LogP contribution in [0.5, 0.6) is 0 Å². The van der Waals surface area contributed by atoms with Gasteiger partial charge in [0.05, 0.1) is 6.61 Å². The smallest absolute Gasteiger partial charge is 0.412 e. The third-order valence-corrected chi connectivity index (χ3v) is 6.85. The molecule has 1 saturated heterocycles. The number of amides is 3. The zero-order chi connectivity index (χ0) is 25.3. The third-order valence-electron chi connectivity index (χ3n) is 5.52. The Hall–Kier alpha value is -3.89. The van der Waals surface area contributed by atoms with E-state index in [2.05, 4.69) is 15.6 Å². The van der Waals surface area contributed by atoms with Crippen LogP contribution in [0.4, 0.5) is 10.5 Å². The van der Waals surface area contributed by atoms with Crippen LogP contribution < -0.4 is 10.6 Å². The molecule has 2 heterocycles.